The maximum absolute atomic E-state index is 2.73. The van der Waals surface area contributed by atoms with E-state index < -0.39 is 0 Å². The topological polar surface area (TPSA) is 3.24 Å². The van der Waals surface area contributed by atoms with E-state index in [4.69, 9.17) is 0 Å². The second kappa shape index (κ2) is 4.58. The normalized spacial score (nSPS) is 33.6. The zero-order valence-corrected chi connectivity index (χ0v) is 12.6. The van der Waals surface area contributed by atoms with Crippen molar-refractivity contribution < 1.29 is 0 Å². The Morgan fingerprint density at radius 3 is 2.81 bits per heavy atom. The van der Waals surface area contributed by atoms with Crippen LogP contribution in [0.2, 0.25) is 0 Å². The molecule has 1 saturated carbocycles. The third-order valence-electron chi connectivity index (χ3n) is 6.17. The van der Waals surface area contributed by atoms with E-state index >= 15 is 0 Å². The molecule has 3 unspecified atom stereocenters. The van der Waals surface area contributed by atoms with Crippen LogP contribution in [0.1, 0.15) is 30.4 Å². The zero-order valence-electron chi connectivity index (χ0n) is 12.6. The van der Waals surface area contributed by atoms with Crippen molar-refractivity contribution in [3.8, 4) is 0 Å². The molecule has 1 fully saturated rings. The number of rotatable bonds is 2. The molecule has 1 heteroatoms. The maximum Gasteiger partial charge on any atom is 0.0243 e. The second-order valence-corrected chi connectivity index (χ2v) is 7.45. The van der Waals surface area contributed by atoms with E-state index in [1.807, 2.05) is 0 Å². The van der Waals surface area contributed by atoms with E-state index in [1.54, 1.807) is 22.3 Å². The van der Waals surface area contributed by atoms with Gasteiger partial charge in [-0.25, -0.2) is 0 Å². The number of hydrogen-bond donors (Lipinski definition) is 0. The zero-order chi connectivity index (χ0) is 13.8. The first-order valence-electron chi connectivity index (χ1n) is 8.56. The highest BCUT2D eigenvalue weighted by atomic mass is 15.1. The second-order valence-electron chi connectivity index (χ2n) is 7.45. The summed E-state index contributed by atoms with van der Waals surface area (Å²) in [5.41, 5.74) is 6.51. The van der Waals surface area contributed by atoms with Gasteiger partial charge in [-0.15, -0.1) is 0 Å². The lowest BCUT2D eigenvalue weighted by Crippen LogP contribution is -2.30. The molecular formula is C20H23N. The number of allylic oxidation sites excluding steroid dienone is 2. The Labute approximate surface area is 127 Å². The van der Waals surface area contributed by atoms with Gasteiger partial charge in [-0.2, -0.15) is 0 Å². The minimum absolute atomic E-state index is 0.889. The molecule has 0 amide bonds. The van der Waals surface area contributed by atoms with Crippen LogP contribution >= 0.6 is 0 Å². The summed E-state index contributed by atoms with van der Waals surface area (Å²) in [6.07, 6.45) is 10.4. The van der Waals surface area contributed by atoms with E-state index in [-0.39, 0.29) is 0 Å². The van der Waals surface area contributed by atoms with Gasteiger partial charge in [-0.05, 0) is 60.1 Å². The third-order valence-corrected chi connectivity index (χ3v) is 6.17. The van der Waals surface area contributed by atoms with Crippen LogP contribution < -0.4 is 0 Å². The Morgan fingerprint density at radius 2 is 1.95 bits per heavy atom. The molecule has 3 atom stereocenters. The van der Waals surface area contributed by atoms with Crippen LogP contribution in [-0.4, -0.2) is 24.5 Å². The van der Waals surface area contributed by atoms with E-state index in [9.17, 15) is 0 Å². The predicted molar refractivity (Wildman–Crippen MR) is 87.0 cm³/mol. The van der Waals surface area contributed by atoms with Crippen molar-refractivity contribution >= 4 is 5.57 Å². The molecule has 21 heavy (non-hydrogen) atoms. The fourth-order valence-electron chi connectivity index (χ4n) is 5.15. The summed E-state index contributed by atoms with van der Waals surface area (Å²) in [7, 11) is 0. The van der Waals surface area contributed by atoms with E-state index in [0.29, 0.717) is 0 Å². The summed E-state index contributed by atoms with van der Waals surface area (Å²) in [4.78, 5) is 2.73. The number of nitrogens with zero attached hydrogens (tertiary/aromatic N) is 1. The Balaban J connectivity index is 1.34. The van der Waals surface area contributed by atoms with Crippen LogP contribution in [-0.2, 0) is 6.42 Å². The molecule has 4 aliphatic rings. The average Bonchev–Trinajstić information content (AvgIpc) is 3.21. The summed E-state index contributed by atoms with van der Waals surface area (Å²) < 4.78 is 0. The van der Waals surface area contributed by atoms with Gasteiger partial charge in [0.25, 0.3) is 0 Å². The van der Waals surface area contributed by atoms with Crippen molar-refractivity contribution in [1.82, 2.24) is 4.90 Å². The van der Waals surface area contributed by atoms with Gasteiger partial charge < -0.3 is 0 Å². The Morgan fingerprint density at radius 1 is 1.00 bits per heavy atom. The molecule has 108 valence electrons. The van der Waals surface area contributed by atoms with Crippen LogP contribution in [0, 0.1) is 17.8 Å². The van der Waals surface area contributed by atoms with E-state index in [2.05, 4.69) is 41.3 Å². The van der Waals surface area contributed by atoms with Gasteiger partial charge in [0.15, 0.2) is 0 Å². The first kappa shape index (κ1) is 12.2. The van der Waals surface area contributed by atoms with Crippen molar-refractivity contribution in [2.45, 2.75) is 25.7 Å². The standard InChI is InChI=1S/C20H23N/c1-2-4-19-15(3-1)7-8-17-11-21(13-20(17)19)12-18-10-14-5-6-16(18)9-14/h1-6,14,16,18H,7-13H2. The van der Waals surface area contributed by atoms with Gasteiger partial charge in [-0.1, -0.05) is 42.0 Å². The summed E-state index contributed by atoms with van der Waals surface area (Å²) in [5, 5.41) is 0. The Hall–Kier alpha value is -1.34. The quantitative estimate of drug-likeness (QED) is 0.741. The molecule has 1 aromatic carbocycles. The average molecular weight is 277 g/mol. The first-order chi connectivity index (χ1) is 10.4. The lowest BCUT2D eigenvalue weighted by molar-refractivity contribution is 0.262. The fraction of sp³-hybridized carbons (Fsp3) is 0.500. The van der Waals surface area contributed by atoms with E-state index in [0.717, 1.165) is 17.8 Å². The van der Waals surface area contributed by atoms with Crippen molar-refractivity contribution in [2.24, 2.45) is 17.8 Å². The molecule has 0 aromatic heterocycles. The first-order valence-corrected chi connectivity index (χ1v) is 8.56. The number of hydrogen-bond acceptors (Lipinski definition) is 1. The highest BCUT2D eigenvalue weighted by molar-refractivity contribution is 5.76. The van der Waals surface area contributed by atoms with Crippen LogP contribution in [0.5, 0.6) is 0 Å². The SMILES string of the molecule is C1=CC2CC1CC2CN1CC2=C(C1)c1ccccc1CC2. The third kappa shape index (κ3) is 1.94. The molecule has 1 nitrogen and oxygen atoms in total. The van der Waals surface area contributed by atoms with Crippen LogP contribution in [0.3, 0.4) is 0 Å². The minimum Gasteiger partial charge on any atom is -0.295 e. The molecule has 3 aliphatic carbocycles. The van der Waals surface area contributed by atoms with Crippen LogP contribution in [0.25, 0.3) is 5.57 Å². The number of fused-ring (bicyclic) bond motifs is 4. The van der Waals surface area contributed by atoms with Gasteiger partial charge in [0, 0.05) is 19.6 Å². The summed E-state index contributed by atoms with van der Waals surface area (Å²) in [6, 6.07) is 9.06. The Bertz CT molecular complexity index is 639. The van der Waals surface area contributed by atoms with Gasteiger partial charge in [0.1, 0.15) is 0 Å². The van der Waals surface area contributed by atoms with Gasteiger partial charge in [-0.3, -0.25) is 4.90 Å². The summed E-state index contributed by atoms with van der Waals surface area (Å²) in [5.74, 6) is 2.72. The van der Waals surface area contributed by atoms with E-state index in [1.165, 1.54) is 45.3 Å². The molecule has 0 spiro atoms. The smallest absolute Gasteiger partial charge is 0.0243 e. The van der Waals surface area contributed by atoms with Crippen molar-refractivity contribution in [3.63, 3.8) is 0 Å². The minimum atomic E-state index is 0.889. The van der Waals surface area contributed by atoms with Crippen molar-refractivity contribution in [2.75, 3.05) is 19.6 Å². The van der Waals surface area contributed by atoms with Crippen LogP contribution in [0.15, 0.2) is 42.0 Å². The lowest BCUT2D eigenvalue weighted by atomic mass is 9.87. The molecule has 1 aromatic rings. The molecular weight excluding hydrogens is 254 g/mol. The maximum atomic E-state index is 2.73. The predicted octanol–water partition coefficient (Wildman–Crippen LogP) is 3.91. The van der Waals surface area contributed by atoms with Crippen LogP contribution in [0.4, 0.5) is 0 Å². The molecule has 2 bridgehead atoms. The number of aryl methyl sites for hydroxylation is 1. The number of benzene rings is 1. The molecule has 5 rings (SSSR count). The van der Waals surface area contributed by atoms with Gasteiger partial charge in [0.2, 0.25) is 0 Å². The lowest BCUT2D eigenvalue weighted by Gasteiger charge is -2.25. The van der Waals surface area contributed by atoms with Gasteiger partial charge in [0.05, 0.1) is 0 Å². The fourth-order valence-corrected chi connectivity index (χ4v) is 5.15. The van der Waals surface area contributed by atoms with Crippen molar-refractivity contribution in [1.29, 1.82) is 0 Å². The molecule has 0 N–H and O–H groups in total. The molecule has 0 saturated heterocycles. The highest BCUT2D eigenvalue weighted by Gasteiger charge is 2.37. The molecule has 1 heterocycles. The molecule has 0 radical (unpaired) electrons. The Kier molecular flexibility index (Phi) is 2.66. The monoisotopic (exact) mass is 277 g/mol. The van der Waals surface area contributed by atoms with Crippen molar-refractivity contribution in [3.05, 3.63) is 53.1 Å². The largest absolute Gasteiger partial charge is 0.295 e. The van der Waals surface area contributed by atoms with Gasteiger partial charge >= 0.3 is 0 Å². The molecule has 1 aliphatic heterocycles. The highest BCUT2D eigenvalue weighted by Crippen LogP contribution is 2.45. The summed E-state index contributed by atoms with van der Waals surface area (Å²) >= 11 is 0. The summed E-state index contributed by atoms with van der Waals surface area (Å²) in [6.45, 7) is 3.76.